The number of carbonyl (C=O) groups excluding carboxylic acids is 6. The lowest BCUT2D eigenvalue weighted by molar-refractivity contribution is -0.157. The minimum Gasteiger partial charge on any atom is -0.466 e. The molecule has 7 aliphatic heterocycles. The monoisotopic (exact) mass is 1480 g/mol. The molecule has 0 aromatic heterocycles. The largest absolute Gasteiger partial charge is 0.466 e. The molecule has 10 rings (SSSR count). The minimum atomic E-state index is -0.738. The number of nitrogens with zero attached hydrogens (tertiary/aromatic N) is 5. The Morgan fingerprint density at radius 3 is 1.12 bits per heavy atom. The molecule has 3 aromatic carbocycles. The minimum absolute atomic E-state index is 0. The summed E-state index contributed by atoms with van der Waals surface area (Å²) in [5.74, 6) is 0.0585. The quantitative estimate of drug-likeness (QED) is 0.0364. The fraction of sp³-hybridized carbons (Fsp3) is 0.704. The van der Waals surface area contributed by atoms with E-state index in [2.05, 4.69) is 124 Å². The van der Waals surface area contributed by atoms with Crippen LogP contribution in [0, 0.1) is 33.0 Å². The molecule has 0 unspecified atom stereocenters. The molecule has 0 atom stereocenters. The molecular weight excluding hydrogens is 1350 g/mol. The number of hydrogen-bond donors (Lipinski definition) is 5. The maximum atomic E-state index is 11.9. The van der Waals surface area contributed by atoms with Crippen LogP contribution in [-0.4, -0.2) is 232 Å². The van der Waals surface area contributed by atoms with Crippen molar-refractivity contribution in [1.82, 2.24) is 29.8 Å². The predicted octanol–water partition coefficient (Wildman–Crippen LogP) is 13.1. The van der Waals surface area contributed by atoms with E-state index in [0.717, 1.165) is 176 Å². The van der Waals surface area contributed by atoms with Crippen LogP contribution in [-0.2, 0) is 62.4 Å². The van der Waals surface area contributed by atoms with Crippen molar-refractivity contribution < 1.29 is 77.6 Å². The number of aldehydes is 1. The summed E-state index contributed by atoms with van der Waals surface area (Å²) in [7, 11) is 1.00. The first-order valence-corrected chi connectivity index (χ1v) is 38.1. The first kappa shape index (κ1) is 96.2. The van der Waals surface area contributed by atoms with E-state index in [1.54, 1.807) is 30.6 Å². The van der Waals surface area contributed by atoms with Gasteiger partial charge in [0.15, 0.2) is 0 Å². The summed E-state index contributed by atoms with van der Waals surface area (Å²) in [4.78, 5) is 77.2. The lowest BCUT2D eigenvalue weighted by Gasteiger charge is -2.38. The highest BCUT2D eigenvalue weighted by Crippen LogP contribution is 2.35. The number of likely N-dealkylation sites (tertiary alicyclic amines) is 5. The zero-order chi connectivity index (χ0) is 76.4. The highest BCUT2D eigenvalue weighted by Gasteiger charge is 2.39. The van der Waals surface area contributed by atoms with E-state index in [1.807, 2.05) is 39.8 Å². The zero-order valence-electron chi connectivity index (χ0n) is 64.7. The summed E-state index contributed by atoms with van der Waals surface area (Å²) in [6, 6.07) is 31.6. The number of carbonyl (C=O) groups is 6. The van der Waals surface area contributed by atoms with Crippen molar-refractivity contribution in [3.63, 3.8) is 0 Å². The van der Waals surface area contributed by atoms with E-state index in [4.69, 9.17) is 50.6 Å². The van der Waals surface area contributed by atoms with Crippen LogP contribution < -0.4 is 5.32 Å². The number of benzene rings is 3. The summed E-state index contributed by atoms with van der Waals surface area (Å²) < 4.78 is 29.2. The molecule has 3 aromatic rings. The van der Waals surface area contributed by atoms with Crippen molar-refractivity contribution in [3.05, 3.63) is 108 Å². The van der Waals surface area contributed by atoms with Crippen molar-refractivity contribution in [2.75, 3.05) is 152 Å². The van der Waals surface area contributed by atoms with E-state index >= 15 is 0 Å². The summed E-state index contributed by atoms with van der Waals surface area (Å²) in [5, 5.41) is 37.6. The number of esters is 2. The van der Waals surface area contributed by atoms with Crippen molar-refractivity contribution >= 4 is 47.4 Å². The molecule has 0 aliphatic carbocycles. The lowest BCUT2D eigenvalue weighted by Crippen LogP contribution is -2.43. The van der Waals surface area contributed by atoms with E-state index < -0.39 is 5.43 Å². The van der Waals surface area contributed by atoms with Crippen molar-refractivity contribution in [2.24, 2.45) is 33.0 Å². The topological polar surface area (TPSA) is 267 Å². The maximum absolute atomic E-state index is 11.9. The van der Waals surface area contributed by atoms with E-state index in [1.165, 1.54) is 29.5 Å². The number of piperidine rings is 6. The SMILES string of the molecule is C.C1CCOC1.CC1(CO)CCN(Cc2ccccc2)CC1.CC1(CO)CCNCC1.CCOC(=O)C1(C)CCN(Cc2ccccc2)CC1.CCOC(=O)C1CCN(Cc2ccccc2)CC1.CCOC(=O)Cl.CCOC(=O)N1CCC(C)(C=O)CC1.CCOC(=O)N1CCC(C)(CO)CC1.CO. The smallest absolute Gasteiger partial charge is 0.409 e. The van der Waals surface area contributed by atoms with Gasteiger partial charge in [0.25, 0.3) is 0 Å². The Balaban J connectivity index is 0.000000607. The number of nitrogens with one attached hydrogen (secondary N) is 1. The van der Waals surface area contributed by atoms with Crippen LogP contribution in [0.15, 0.2) is 91.0 Å². The molecule has 594 valence electrons. The molecule has 0 spiro atoms. The predicted molar refractivity (Wildman–Crippen MR) is 413 cm³/mol. The van der Waals surface area contributed by atoms with E-state index in [9.17, 15) is 33.9 Å². The van der Waals surface area contributed by atoms with Crippen LogP contribution >= 0.6 is 11.6 Å². The van der Waals surface area contributed by atoms with Crippen LogP contribution in [0.3, 0.4) is 0 Å². The van der Waals surface area contributed by atoms with Crippen molar-refractivity contribution in [1.29, 1.82) is 0 Å². The van der Waals surface area contributed by atoms with E-state index in [-0.39, 0.29) is 71.2 Å². The average molecular weight is 1490 g/mol. The molecule has 2 amide bonds. The number of ether oxygens (including phenoxy) is 6. The number of aliphatic hydroxyl groups excluding tert-OH is 4. The molecule has 7 fully saturated rings. The molecule has 23 heteroatoms. The molecule has 7 heterocycles. The highest BCUT2D eigenvalue weighted by molar-refractivity contribution is 6.61. The Hall–Kier alpha value is -5.79. The second kappa shape index (κ2) is 54.7. The molecular formula is C81H137ClN6O16. The fourth-order valence-electron chi connectivity index (χ4n) is 12.2. The zero-order valence-corrected chi connectivity index (χ0v) is 65.4. The van der Waals surface area contributed by atoms with Crippen LogP contribution in [0.5, 0.6) is 0 Å². The maximum Gasteiger partial charge on any atom is 0.409 e. The number of rotatable bonds is 17. The van der Waals surface area contributed by atoms with Gasteiger partial charge in [-0.05, 0) is 217 Å². The van der Waals surface area contributed by atoms with Gasteiger partial charge in [0.2, 0.25) is 0 Å². The lowest BCUT2D eigenvalue weighted by atomic mass is 9.80. The van der Waals surface area contributed by atoms with Gasteiger partial charge in [0.1, 0.15) is 6.29 Å². The van der Waals surface area contributed by atoms with Gasteiger partial charge < -0.3 is 68.8 Å². The second-order valence-electron chi connectivity index (χ2n) is 28.9. The van der Waals surface area contributed by atoms with Crippen LogP contribution in [0.2, 0.25) is 0 Å². The van der Waals surface area contributed by atoms with Gasteiger partial charge in [-0.15, -0.1) is 0 Å². The van der Waals surface area contributed by atoms with Gasteiger partial charge in [-0.1, -0.05) is 126 Å². The Morgan fingerprint density at radius 2 is 0.817 bits per heavy atom. The number of hydrogen-bond acceptors (Lipinski definition) is 20. The van der Waals surface area contributed by atoms with Crippen molar-refractivity contribution in [2.45, 2.75) is 186 Å². The number of halogens is 1. The van der Waals surface area contributed by atoms with Gasteiger partial charge in [-0.25, -0.2) is 14.4 Å². The molecule has 0 radical (unpaired) electrons. The van der Waals surface area contributed by atoms with Crippen LogP contribution in [0.4, 0.5) is 14.4 Å². The summed E-state index contributed by atoms with van der Waals surface area (Å²) in [6.07, 6.45) is 14.3. The molecule has 104 heavy (non-hydrogen) atoms. The normalized spacial score (nSPS) is 19.2. The third-order valence-corrected chi connectivity index (χ3v) is 20.1. The van der Waals surface area contributed by atoms with Gasteiger partial charge in [-0.3, -0.25) is 24.3 Å². The third kappa shape index (κ3) is 39.7. The molecule has 7 saturated heterocycles. The van der Waals surface area contributed by atoms with Gasteiger partial charge in [0.05, 0.1) is 44.4 Å². The molecule has 7 aliphatic rings. The molecule has 22 nitrogen and oxygen atoms in total. The summed E-state index contributed by atoms with van der Waals surface area (Å²) >= 11 is 4.72. The first-order valence-electron chi connectivity index (χ1n) is 37.7. The van der Waals surface area contributed by atoms with Crippen LogP contribution in [0.1, 0.15) is 183 Å². The first-order chi connectivity index (χ1) is 49.4. The highest BCUT2D eigenvalue weighted by atomic mass is 35.5. The third-order valence-electron chi connectivity index (χ3n) is 20.0. The van der Waals surface area contributed by atoms with Crippen LogP contribution in [0.25, 0.3) is 0 Å². The molecule has 5 N–H and O–H groups in total. The average Bonchev–Trinajstić information content (AvgIpc) is 0.935. The van der Waals surface area contributed by atoms with E-state index in [0.29, 0.717) is 72.4 Å². The number of aliphatic hydroxyl groups is 4. The summed E-state index contributed by atoms with van der Waals surface area (Å²) in [5.41, 5.74) is 3.15. The standard InChI is InChI=1S/C16H23NO2.C15H21NO2.C14H21NO.C10H19NO3.C10H17NO3.C7H15NO.C4H8O.C3H5ClO2.CH4O.CH4/c1-3-19-15(18)16(2)9-11-17(12-10-16)13-14-7-5-4-6-8-14;1-2-18-15(17)14-8-10-16(11-9-14)12-13-6-4-3-5-7-13;1-14(12-16)7-9-15(10-8-14)11-13-5-3-2-4-6-13;2*1-3-14-9(13)11-6-4-10(2,8-12)5-7-11;1-7(6-9)2-4-8-5-3-7;1-2-4-5-3-1;1-2-6-3(4)5;1-2;/h4-8H,3,9-13H2,1-2H3;3-7,14H,2,8-12H2,1H3;2-6,16H,7-12H2,1H3;12H,3-8H2,1-2H3;8H,3-7H2,1-2H3;8-9H,2-6H2,1H3;1-4H2;2H2,1H3;2H,1H3;1H4. The fourth-order valence-corrected chi connectivity index (χ4v) is 12.3. The number of amides is 2. The molecule has 0 saturated carbocycles. The second-order valence-corrected chi connectivity index (χ2v) is 29.2. The van der Waals surface area contributed by atoms with Gasteiger partial charge >= 0.3 is 29.6 Å². The summed E-state index contributed by atoms with van der Waals surface area (Å²) in [6.45, 7) is 38.2. The Kier molecular flexibility index (Phi) is 50.6. The van der Waals surface area contributed by atoms with Gasteiger partial charge in [-0.2, -0.15) is 0 Å². The Bertz CT molecular complexity index is 2680. The Morgan fingerprint density at radius 1 is 0.481 bits per heavy atom. The Labute approximate surface area is 630 Å². The van der Waals surface area contributed by atoms with Crippen molar-refractivity contribution in [3.8, 4) is 0 Å². The van der Waals surface area contributed by atoms with Gasteiger partial charge in [0, 0.05) is 103 Å². The molecule has 0 bridgehead atoms.